The van der Waals surface area contributed by atoms with Crippen LogP contribution in [0.15, 0.2) is 23.7 Å². The molecule has 22 heavy (non-hydrogen) atoms. The van der Waals surface area contributed by atoms with Crippen LogP contribution in [0, 0.1) is 10.7 Å². The van der Waals surface area contributed by atoms with Crippen LogP contribution in [0.25, 0.3) is 0 Å². The van der Waals surface area contributed by atoms with Gasteiger partial charge in [-0.3, -0.25) is 0 Å². The van der Waals surface area contributed by atoms with E-state index < -0.39 is 8.32 Å². The molecule has 0 aliphatic carbocycles. The molecule has 0 rings (SSSR count). The number of hydrogen-bond acceptors (Lipinski definition) is 1. The fraction of sp³-hybridized carbons (Fsp3) is 0.667. The monoisotopic (exact) mass is 362 g/mol. The summed E-state index contributed by atoms with van der Waals surface area (Å²) in [6.07, 6.45) is 10.7. The second kappa shape index (κ2) is 11.8. The predicted octanol–water partition coefficient (Wildman–Crippen LogP) is 5.32. The molecule has 4 heteroatoms. The van der Waals surface area contributed by atoms with Crippen molar-refractivity contribution in [1.29, 1.82) is 0 Å². The molecule has 0 aliphatic heterocycles. The third-order valence-electron chi connectivity index (χ3n) is 3.07. The molecule has 126 valence electrons. The molecule has 0 heterocycles. The summed E-state index contributed by atoms with van der Waals surface area (Å²) in [5, 5.41) is 0. The van der Waals surface area contributed by atoms with Crippen LogP contribution < -0.4 is 0 Å². The van der Waals surface area contributed by atoms with E-state index in [9.17, 15) is 0 Å². The summed E-state index contributed by atoms with van der Waals surface area (Å²) in [4.78, 5) is 5.53. The van der Waals surface area contributed by atoms with Gasteiger partial charge in [0.15, 0.2) is 0 Å². The predicted molar refractivity (Wildman–Crippen MR) is 99.1 cm³/mol. The van der Waals surface area contributed by atoms with Gasteiger partial charge < -0.3 is 0 Å². The van der Waals surface area contributed by atoms with Crippen molar-refractivity contribution in [3.8, 4) is 10.7 Å². The Labute approximate surface area is 151 Å². The maximum absolute atomic E-state index is 6.49. The number of rotatable bonds is 10. The van der Waals surface area contributed by atoms with E-state index in [1.165, 1.54) is 12.8 Å². The fourth-order valence-corrected chi connectivity index (χ4v) is 4.51. The third-order valence-corrected chi connectivity index (χ3v) is 5.32. The van der Waals surface area contributed by atoms with Crippen molar-refractivity contribution in [2.45, 2.75) is 77.6 Å². The Morgan fingerprint density at radius 2 is 1.95 bits per heavy atom. The van der Waals surface area contributed by atoms with E-state index >= 15 is 0 Å². The first-order valence-electron chi connectivity index (χ1n) is 8.20. The van der Waals surface area contributed by atoms with Gasteiger partial charge >= 0.3 is 152 Å². The first-order valence-corrected chi connectivity index (χ1v) is 13.6. The average Bonchev–Trinajstić information content (AvgIpc) is 2.43. The second-order valence-corrected chi connectivity index (χ2v) is 12.8. The van der Waals surface area contributed by atoms with Crippen LogP contribution >= 0.6 is 0 Å². The van der Waals surface area contributed by atoms with Gasteiger partial charge in [0.25, 0.3) is 0 Å². The van der Waals surface area contributed by atoms with Gasteiger partial charge in [0.2, 0.25) is 0 Å². The van der Waals surface area contributed by atoms with Crippen LogP contribution in [0.4, 0.5) is 0 Å². The topological polar surface area (TPSA) is 9.23 Å². The van der Waals surface area contributed by atoms with E-state index in [2.05, 4.69) is 77.6 Å². The van der Waals surface area contributed by atoms with Gasteiger partial charge in [-0.25, -0.2) is 0 Å². The van der Waals surface area contributed by atoms with Gasteiger partial charge in [-0.2, -0.15) is 0 Å². The van der Waals surface area contributed by atoms with E-state index in [4.69, 9.17) is 4.43 Å². The molecule has 0 aromatic heterocycles. The summed E-state index contributed by atoms with van der Waals surface area (Å²) in [5.74, 6) is 3.23. The summed E-state index contributed by atoms with van der Waals surface area (Å²) >= 11 is 2.28. The van der Waals surface area contributed by atoms with Crippen LogP contribution in [0.3, 0.4) is 0 Å². The quantitative estimate of drug-likeness (QED) is 0.290. The Morgan fingerprint density at radius 3 is 2.45 bits per heavy atom. The molecule has 0 N–H and O–H groups in total. The van der Waals surface area contributed by atoms with Crippen LogP contribution in [0.5, 0.6) is 0 Å². The van der Waals surface area contributed by atoms with Crippen molar-refractivity contribution in [2.75, 3.05) is 0 Å². The van der Waals surface area contributed by atoms with Crippen LogP contribution in [0.2, 0.25) is 19.6 Å². The maximum atomic E-state index is 6.49. The van der Waals surface area contributed by atoms with Crippen LogP contribution in [-0.4, -0.2) is 29.7 Å². The molecular formula is C18H32CuLiOSi. The normalized spacial score (nSPS) is 15.1. The molecule has 0 spiro atoms. The number of unbranched alkanes of at least 4 members (excludes halogenated alkanes) is 2. The molecule has 0 fully saturated rings. The standard InChI is InChI=1S/C13H25OSi.C5H7.Cu.Li/c1-7-10-12-13(9-3,11-8-2)14-15(4,5)6;1-3-5-4-2;;/h2,8-9H,3,7,10-12H2,1,4-6H3;3,5H2,1H3;;. The van der Waals surface area contributed by atoms with E-state index in [1.807, 2.05) is 6.08 Å². The van der Waals surface area contributed by atoms with Crippen molar-refractivity contribution >= 4 is 24.1 Å². The SMILES string of the molecule is [Li][Cu]([C]#CCCC)/[CH]=C/CC(C=C)(CCCC)O[Si](C)(C)C. The molecule has 0 aliphatic rings. The third kappa shape index (κ3) is 11.0. The summed E-state index contributed by atoms with van der Waals surface area (Å²) in [6, 6.07) is 0. The minimum absolute atomic E-state index is 0.110. The van der Waals surface area contributed by atoms with Gasteiger partial charge in [-0.1, -0.05) is 0 Å². The van der Waals surface area contributed by atoms with Crippen LogP contribution in [-0.2, 0) is 16.1 Å². The number of hydrogen-bond donors (Lipinski definition) is 0. The van der Waals surface area contributed by atoms with E-state index in [0.29, 0.717) is 0 Å². The zero-order valence-electron chi connectivity index (χ0n) is 15.4. The molecule has 1 unspecified atom stereocenters. The average molecular weight is 363 g/mol. The van der Waals surface area contributed by atoms with Crippen molar-refractivity contribution in [3.05, 3.63) is 23.7 Å². The first-order chi connectivity index (χ1) is 10.3. The Hall–Kier alpha value is 0.334. The summed E-state index contributed by atoms with van der Waals surface area (Å²) < 4.78 is 6.49. The van der Waals surface area contributed by atoms with Crippen molar-refractivity contribution in [1.82, 2.24) is 0 Å². The van der Waals surface area contributed by atoms with Crippen molar-refractivity contribution < 1.29 is 16.1 Å². The molecule has 0 saturated carbocycles. The molecule has 0 aromatic rings. The Kier molecular flexibility index (Phi) is 12.0. The minimum atomic E-state index is -1.60. The molecular weight excluding hydrogens is 331 g/mol. The Morgan fingerprint density at radius 1 is 1.27 bits per heavy atom. The molecule has 0 bridgehead atoms. The van der Waals surface area contributed by atoms with E-state index in [-0.39, 0.29) is 17.3 Å². The molecule has 0 saturated heterocycles. The zero-order valence-corrected chi connectivity index (χ0v) is 17.3. The second-order valence-electron chi connectivity index (χ2n) is 6.54. The molecule has 0 aromatic carbocycles. The van der Waals surface area contributed by atoms with Gasteiger partial charge in [0, 0.05) is 0 Å². The molecule has 1 nitrogen and oxygen atoms in total. The van der Waals surface area contributed by atoms with Crippen molar-refractivity contribution in [2.24, 2.45) is 0 Å². The molecule has 1 atom stereocenters. The fourth-order valence-electron chi connectivity index (χ4n) is 2.12. The van der Waals surface area contributed by atoms with Gasteiger partial charge in [0.1, 0.15) is 0 Å². The van der Waals surface area contributed by atoms with Crippen molar-refractivity contribution in [3.63, 3.8) is 0 Å². The molecule has 0 radical (unpaired) electrons. The summed E-state index contributed by atoms with van der Waals surface area (Å²) in [6.45, 7) is 15.2. The summed E-state index contributed by atoms with van der Waals surface area (Å²) in [5.41, 5.74) is -0.198. The molecule has 0 amide bonds. The zero-order chi connectivity index (χ0) is 17.1. The van der Waals surface area contributed by atoms with Gasteiger partial charge in [-0.05, 0) is 0 Å². The van der Waals surface area contributed by atoms with E-state index in [0.717, 1.165) is 25.7 Å². The van der Waals surface area contributed by atoms with Gasteiger partial charge in [-0.15, -0.1) is 0 Å². The Balaban J connectivity index is 4.83. The van der Waals surface area contributed by atoms with E-state index in [1.54, 1.807) is 0 Å². The summed E-state index contributed by atoms with van der Waals surface area (Å²) in [7, 11) is -1.60. The Bertz CT molecular complexity index is 406. The van der Waals surface area contributed by atoms with Gasteiger partial charge in [0.05, 0.1) is 0 Å². The first kappa shape index (κ1) is 22.3. The van der Waals surface area contributed by atoms with Crippen LogP contribution in [0.1, 0.15) is 52.4 Å².